The molecule has 0 radical (unpaired) electrons. The maximum atomic E-state index is 13.5. The van der Waals surface area contributed by atoms with Gasteiger partial charge in [0, 0.05) is 17.0 Å². The molecule has 1 heterocycles. The Labute approximate surface area is 176 Å². The van der Waals surface area contributed by atoms with Gasteiger partial charge in [-0.15, -0.1) is 5.10 Å². The highest BCUT2D eigenvalue weighted by Crippen LogP contribution is 2.33. The SMILES string of the molecule is CCc1ccc([C@@H](C(=O)NC(C)(C)C)N(C(=O)c2csnn2)C2CCCC2)cc1. The largest absolute Gasteiger partial charge is 0.349 e. The molecule has 1 saturated carbocycles. The van der Waals surface area contributed by atoms with E-state index in [0.29, 0.717) is 5.69 Å². The molecule has 2 aromatic rings. The standard InChI is InChI=1S/C22H30N4O2S/c1-5-15-10-12-16(13-11-15)19(20(27)23-22(2,3)4)26(17-8-6-7-9-17)21(28)18-14-29-25-24-18/h10-14,17,19H,5-9H2,1-4H3,(H,23,27)/t19-/m0/s1. The summed E-state index contributed by atoms with van der Waals surface area (Å²) < 4.78 is 3.85. The Morgan fingerprint density at radius 3 is 2.38 bits per heavy atom. The van der Waals surface area contributed by atoms with Crippen molar-refractivity contribution in [3.63, 3.8) is 0 Å². The summed E-state index contributed by atoms with van der Waals surface area (Å²) in [6.07, 6.45) is 4.85. The highest BCUT2D eigenvalue weighted by Gasteiger charge is 2.39. The van der Waals surface area contributed by atoms with E-state index in [1.54, 1.807) is 10.3 Å². The van der Waals surface area contributed by atoms with Gasteiger partial charge in [0.2, 0.25) is 5.91 Å². The Balaban J connectivity index is 2.05. The number of carbonyl (C=O) groups excluding carboxylic acids is 2. The second-order valence-electron chi connectivity index (χ2n) is 8.68. The first-order valence-electron chi connectivity index (χ1n) is 10.3. The normalized spacial score (nSPS) is 15.9. The molecule has 0 spiro atoms. The fourth-order valence-corrected chi connectivity index (χ4v) is 4.31. The van der Waals surface area contributed by atoms with Crippen LogP contribution in [0.4, 0.5) is 0 Å². The monoisotopic (exact) mass is 414 g/mol. The van der Waals surface area contributed by atoms with Crippen LogP contribution >= 0.6 is 11.5 Å². The number of rotatable bonds is 6. The van der Waals surface area contributed by atoms with Crippen LogP contribution in [-0.2, 0) is 11.2 Å². The summed E-state index contributed by atoms with van der Waals surface area (Å²) in [6, 6.07) is 7.34. The predicted octanol–water partition coefficient (Wildman–Crippen LogP) is 4.14. The molecular weight excluding hydrogens is 384 g/mol. The molecule has 1 aliphatic carbocycles. The lowest BCUT2D eigenvalue weighted by Gasteiger charge is -2.37. The zero-order chi connectivity index (χ0) is 21.0. The Hall–Kier alpha value is -2.28. The lowest BCUT2D eigenvalue weighted by molar-refractivity contribution is -0.128. The molecule has 3 rings (SSSR count). The average Bonchev–Trinajstić information content (AvgIpc) is 3.38. The Bertz CT molecular complexity index is 821. The summed E-state index contributed by atoms with van der Waals surface area (Å²) in [5.74, 6) is -0.385. The van der Waals surface area contributed by atoms with Gasteiger partial charge < -0.3 is 10.2 Å². The van der Waals surface area contributed by atoms with Gasteiger partial charge in [-0.05, 0) is 62.7 Å². The van der Waals surface area contributed by atoms with Crippen LogP contribution in [-0.4, -0.2) is 37.9 Å². The van der Waals surface area contributed by atoms with Crippen molar-refractivity contribution in [2.75, 3.05) is 0 Å². The zero-order valence-electron chi connectivity index (χ0n) is 17.6. The number of amides is 2. The smallest absolute Gasteiger partial charge is 0.276 e. The molecule has 0 unspecified atom stereocenters. The van der Waals surface area contributed by atoms with Crippen LogP contribution in [0, 0.1) is 0 Å². The third-order valence-corrected chi connectivity index (χ3v) is 5.76. The van der Waals surface area contributed by atoms with E-state index in [4.69, 9.17) is 0 Å². The number of hydrogen-bond donors (Lipinski definition) is 1. The average molecular weight is 415 g/mol. The Kier molecular flexibility index (Phi) is 6.67. The Morgan fingerprint density at radius 2 is 1.86 bits per heavy atom. The second-order valence-corrected chi connectivity index (χ2v) is 9.29. The second kappa shape index (κ2) is 9.03. The minimum Gasteiger partial charge on any atom is -0.349 e. The molecule has 1 aliphatic rings. The van der Waals surface area contributed by atoms with E-state index >= 15 is 0 Å². The number of nitrogens with zero attached hydrogens (tertiary/aromatic N) is 3. The maximum Gasteiger partial charge on any atom is 0.276 e. The molecule has 0 bridgehead atoms. The van der Waals surface area contributed by atoms with E-state index in [2.05, 4.69) is 21.8 Å². The van der Waals surface area contributed by atoms with Crippen LogP contribution in [0.5, 0.6) is 0 Å². The third kappa shape index (κ3) is 5.21. The first-order valence-corrected chi connectivity index (χ1v) is 11.1. The molecule has 0 aliphatic heterocycles. The van der Waals surface area contributed by atoms with Gasteiger partial charge in [0.25, 0.3) is 5.91 Å². The van der Waals surface area contributed by atoms with E-state index in [9.17, 15) is 9.59 Å². The predicted molar refractivity (Wildman–Crippen MR) is 115 cm³/mol. The van der Waals surface area contributed by atoms with Gasteiger partial charge >= 0.3 is 0 Å². The molecule has 6 nitrogen and oxygen atoms in total. The minimum absolute atomic E-state index is 0.0192. The van der Waals surface area contributed by atoms with E-state index in [1.807, 2.05) is 45.0 Å². The highest BCUT2D eigenvalue weighted by molar-refractivity contribution is 7.03. The zero-order valence-corrected chi connectivity index (χ0v) is 18.5. The summed E-state index contributed by atoms with van der Waals surface area (Å²) in [4.78, 5) is 28.7. The summed E-state index contributed by atoms with van der Waals surface area (Å²) in [5.41, 5.74) is 1.94. The summed E-state index contributed by atoms with van der Waals surface area (Å²) in [7, 11) is 0. The molecule has 156 valence electrons. The summed E-state index contributed by atoms with van der Waals surface area (Å²) >= 11 is 1.15. The lowest BCUT2D eigenvalue weighted by Crippen LogP contribution is -2.51. The van der Waals surface area contributed by atoms with E-state index in [-0.39, 0.29) is 17.9 Å². The number of carbonyl (C=O) groups is 2. The van der Waals surface area contributed by atoms with Crippen LogP contribution in [0.25, 0.3) is 0 Å². The molecule has 1 fully saturated rings. The van der Waals surface area contributed by atoms with Crippen molar-refractivity contribution >= 4 is 23.3 Å². The maximum absolute atomic E-state index is 13.5. The number of aryl methyl sites for hydroxylation is 1. The van der Waals surface area contributed by atoms with Crippen molar-refractivity contribution < 1.29 is 9.59 Å². The van der Waals surface area contributed by atoms with E-state index < -0.39 is 11.6 Å². The third-order valence-electron chi connectivity index (χ3n) is 5.26. The molecular formula is C22H30N4O2S. The van der Waals surface area contributed by atoms with Crippen LogP contribution < -0.4 is 5.32 Å². The molecule has 2 amide bonds. The highest BCUT2D eigenvalue weighted by atomic mass is 32.1. The van der Waals surface area contributed by atoms with Gasteiger partial charge in [-0.3, -0.25) is 9.59 Å². The molecule has 1 aromatic carbocycles. The van der Waals surface area contributed by atoms with Crippen molar-refractivity contribution in [1.82, 2.24) is 19.8 Å². The van der Waals surface area contributed by atoms with Crippen molar-refractivity contribution in [2.45, 2.75) is 77.4 Å². The summed E-state index contributed by atoms with van der Waals surface area (Å²) in [5, 5.41) is 8.73. The van der Waals surface area contributed by atoms with Crippen molar-refractivity contribution in [2.24, 2.45) is 0 Å². The topological polar surface area (TPSA) is 75.2 Å². The van der Waals surface area contributed by atoms with Crippen LogP contribution in [0.15, 0.2) is 29.6 Å². The van der Waals surface area contributed by atoms with Crippen LogP contribution in [0.3, 0.4) is 0 Å². The molecule has 7 heteroatoms. The van der Waals surface area contributed by atoms with Crippen molar-refractivity contribution in [3.05, 3.63) is 46.5 Å². The first kappa shape index (κ1) is 21.4. The van der Waals surface area contributed by atoms with Gasteiger partial charge in [0.15, 0.2) is 5.69 Å². The molecule has 1 aromatic heterocycles. The van der Waals surface area contributed by atoms with Gasteiger partial charge in [-0.1, -0.05) is 48.5 Å². The van der Waals surface area contributed by atoms with Gasteiger partial charge in [0.1, 0.15) is 6.04 Å². The number of aromatic nitrogens is 2. The van der Waals surface area contributed by atoms with Crippen molar-refractivity contribution in [3.8, 4) is 0 Å². The van der Waals surface area contributed by atoms with Crippen LogP contribution in [0.1, 0.15) is 81.0 Å². The van der Waals surface area contributed by atoms with Gasteiger partial charge in [-0.2, -0.15) is 0 Å². The number of nitrogens with one attached hydrogen (secondary N) is 1. The Morgan fingerprint density at radius 1 is 1.21 bits per heavy atom. The lowest BCUT2D eigenvalue weighted by atomic mass is 9.97. The van der Waals surface area contributed by atoms with E-state index in [1.165, 1.54) is 5.56 Å². The number of benzene rings is 1. The minimum atomic E-state index is -0.697. The molecule has 1 atom stereocenters. The fourth-order valence-electron chi connectivity index (χ4n) is 3.88. The number of hydrogen-bond acceptors (Lipinski definition) is 5. The fraction of sp³-hybridized carbons (Fsp3) is 0.545. The van der Waals surface area contributed by atoms with Crippen LogP contribution in [0.2, 0.25) is 0 Å². The first-order chi connectivity index (χ1) is 13.8. The van der Waals surface area contributed by atoms with Gasteiger partial charge in [0.05, 0.1) is 0 Å². The quantitative estimate of drug-likeness (QED) is 0.771. The van der Waals surface area contributed by atoms with Crippen molar-refractivity contribution in [1.29, 1.82) is 0 Å². The molecule has 29 heavy (non-hydrogen) atoms. The summed E-state index contributed by atoms with van der Waals surface area (Å²) in [6.45, 7) is 7.96. The van der Waals surface area contributed by atoms with E-state index in [0.717, 1.165) is 49.2 Å². The molecule has 1 N–H and O–H groups in total. The van der Waals surface area contributed by atoms with Gasteiger partial charge in [-0.25, -0.2) is 0 Å². The molecule has 0 saturated heterocycles.